The highest BCUT2D eigenvalue weighted by atomic mass is 35.5. The Balaban J connectivity index is 1.79. The molecule has 0 saturated heterocycles. The summed E-state index contributed by atoms with van der Waals surface area (Å²) in [6, 6.07) is 13.0. The van der Waals surface area contributed by atoms with Gasteiger partial charge in [0.05, 0.1) is 17.4 Å². The summed E-state index contributed by atoms with van der Waals surface area (Å²) in [6.45, 7) is 2.37. The molecule has 1 atom stereocenters. The van der Waals surface area contributed by atoms with Crippen molar-refractivity contribution in [1.82, 2.24) is 9.66 Å². The number of benzene rings is 2. The summed E-state index contributed by atoms with van der Waals surface area (Å²) in [5, 5.41) is 1.21. The number of halogens is 2. The normalized spacial score (nSPS) is 16.2. The predicted octanol–water partition coefficient (Wildman–Crippen LogP) is 5.00. The van der Waals surface area contributed by atoms with Crippen molar-refractivity contribution in [3.05, 3.63) is 98.8 Å². The molecule has 1 aliphatic carbocycles. The fourth-order valence-electron chi connectivity index (χ4n) is 3.33. The van der Waals surface area contributed by atoms with Gasteiger partial charge in [0.1, 0.15) is 11.7 Å². The van der Waals surface area contributed by atoms with E-state index in [2.05, 4.69) is 5.43 Å². The predicted molar refractivity (Wildman–Crippen MR) is 111 cm³/mol. The summed E-state index contributed by atoms with van der Waals surface area (Å²) >= 11 is 5.94. The van der Waals surface area contributed by atoms with E-state index >= 15 is 0 Å². The smallest absolute Gasteiger partial charge is 0.279 e. The number of aryl methyl sites for hydroxylation is 1. The number of nitrogens with one attached hydrogen (secondary N) is 1. The van der Waals surface area contributed by atoms with Gasteiger partial charge in [-0.05, 0) is 54.8 Å². The van der Waals surface area contributed by atoms with Crippen LogP contribution in [0.25, 0.3) is 10.9 Å². The lowest BCUT2D eigenvalue weighted by atomic mass is 9.99. The van der Waals surface area contributed by atoms with Crippen LogP contribution >= 0.6 is 11.6 Å². The Hall–Kier alpha value is -2.92. The summed E-state index contributed by atoms with van der Waals surface area (Å²) in [5.41, 5.74) is 5.61. The van der Waals surface area contributed by atoms with Gasteiger partial charge in [0.25, 0.3) is 5.56 Å². The SMILES string of the molecule is Cc1cccc2c(=O)n(NCc3ccc(Cl)cc3)c(C3C=CC(F)=CC3)nc12. The first kappa shape index (κ1) is 18.4. The molecular weight excluding hydrogens is 377 g/mol. The van der Waals surface area contributed by atoms with E-state index in [-0.39, 0.29) is 17.3 Å². The van der Waals surface area contributed by atoms with Crippen LogP contribution in [0.1, 0.15) is 29.3 Å². The molecule has 0 amide bonds. The Morgan fingerprint density at radius 1 is 1.25 bits per heavy atom. The van der Waals surface area contributed by atoms with Crippen molar-refractivity contribution in [2.24, 2.45) is 0 Å². The van der Waals surface area contributed by atoms with Gasteiger partial charge in [-0.3, -0.25) is 4.79 Å². The van der Waals surface area contributed by atoms with Crippen LogP contribution in [0.4, 0.5) is 4.39 Å². The minimum Gasteiger partial charge on any atom is -0.317 e. The van der Waals surface area contributed by atoms with Gasteiger partial charge >= 0.3 is 0 Å². The summed E-state index contributed by atoms with van der Waals surface area (Å²) in [7, 11) is 0. The van der Waals surface area contributed by atoms with Crippen LogP contribution in [0, 0.1) is 6.92 Å². The quantitative estimate of drug-likeness (QED) is 0.676. The molecule has 0 spiro atoms. The monoisotopic (exact) mass is 395 g/mol. The van der Waals surface area contributed by atoms with Crippen molar-refractivity contribution >= 4 is 22.5 Å². The van der Waals surface area contributed by atoms with Gasteiger partial charge in [-0.2, -0.15) is 0 Å². The molecule has 1 aliphatic rings. The molecule has 4 nitrogen and oxygen atoms in total. The fourth-order valence-corrected chi connectivity index (χ4v) is 3.45. The van der Waals surface area contributed by atoms with Crippen LogP contribution in [0.3, 0.4) is 0 Å². The van der Waals surface area contributed by atoms with Crippen molar-refractivity contribution in [3.63, 3.8) is 0 Å². The number of hydrogen-bond donors (Lipinski definition) is 1. The molecule has 0 saturated carbocycles. The van der Waals surface area contributed by atoms with Crippen molar-refractivity contribution in [1.29, 1.82) is 0 Å². The molecule has 0 bridgehead atoms. The highest BCUT2D eigenvalue weighted by Gasteiger charge is 2.20. The fraction of sp³-hybridized carbons (Fsp3) is 0.182. The number of rotatable bonds is 4. The number of hydrogen-bond acceptors (Lipinski definition) is 3. The lowest BCUT2D eigenvalue weighted by Gasteiger charge is -2.21. The molecule has 1 aromatic heterocycles. The molecule has 6 heteroatoms. The van der Waals surface area contributed by atoms with Gasteiger partial charge in [-0.25, -0.2) is 14.1 Å². The highest BCUT2D eigenvalue weighted by molar-refractivity contribution is 6.30. The van der Waals surface area contributed by atoms with Crippen LogP contribution in [0.2, 0.25) is 5.02 Å². The lowest BCUT2D eigenvalue weighted by Crippen LogP contribution is -2.34. The maximum absolute atomic E-state index is 13.4. The number of nitrogens with zero attached hydrogens (tertiary/aromatic N) is 2. The van der Waals surface area contributed by atoms with Gasteiger partial charge in [0, 0.05) is 10.9 Å². The van der Waals surface area contributed by atoms with Gasteiger partial charge in [0.15, 0.2) is 0 Å². The maximum atomic E-state index is 13.4. The van der Waals surface area contributed by atoms with E-state index in [9.17, 15) is 9.18 Å². The van der Waals surface area contributed by atoms with E-state index in [1.807, 2.05) is 43.3 Å². The lowest BCUT2D eigenvalue weighted by molar-refractivity contribution is 0.620. The van der Waals surface area contributed by atoms with E-state index in [0.717, 1.165) is 11.1 Å². The Labute approximate surface area is 167 Å². The molecule has 142 valence electrons. The topological polar surface area (TPSA) is 46.9 Å². The van der Waals surface area contributed by atoms with Crippen LogP contribution in [0.15, 0.2) is 71.3 Å². The van der Waals surface area contributed by atoms with Crippen molar-refractivity contribution in [2.45, 2.75) is 25.8 Å². The number of aromatic nitrogens is 2. The molecule has 0 fully saturated rings. The minimum absolute atomic E-state index is 0.166. The first-order valence-corrected chi connectivity index (χ1v) is 9.45. The van der Waals surface area contributed by atoms with Gasteiger partial charge in [0.2, 0.25) is 0 Å². The number of fused-ring (bicyclic) bond motifs is 1. The number of para-hydroxylation sites is 1. The first-order valence-electron chi connectivity index (χ1n) is 9.07. The van der Waals surface area contributed by atoms with Gasteiger partial charge < -0.3 is 5.43 Å². The minimum atomic E-state index is -0.267. The van der Waals surface area contributed by atoms with E-state index in [1.54, 1.807) is 12.1 Å². The average Bonchev–Trinajstić information content (AvgIpc) is 2.70. The van der Waals surface area contributed by atoms with Crippen molar-refractivity contribution in [2.75, 3.05) is 5.43 Å². The third kappa shape index (κ3) is 3.58. The zero-order valence-corrected chi connectivity index (χ0v) is 16.1. The van der Waals surface area contributed by atoms with Crippen LogP contribution in [-0.4, -0.2) is 9.66 Å². The molecule has 28 heavy (non-hydrogen) atoms. The van der Waals surface area contributed by atoms with E-state index in [4.69, 9.17) is 16.6 Å². The molecule has 1 heterocycles. The molecule has 3 aromatic rings. The van der Waals surface area contributed by atoms with Crippen LogP contribution in [0.5, 0.6) is 0 Å². The van der Waals surface area contributed by atoms with Crippen molar-refractivity contribution < 1.29 is 4.39 Å². The molecule has 1 unspecified atom stereocenters. The average molecular weight is 396 g/mol. The van der Waals surface area contributed by atoms with E-state index < -0.39 is 0 Å². The first-order chi connectivity index (χ1) is 13.5. The second kappa shape index (κ2) is 7.60. The summed E-state index contributed by atoms with van der Waals surface area (Å²) in [4.78, 5) is 18.0. The third-order valence-corrected chi connectivity index (χ3v) is 5.12. The Kier molecular flexibility index (Phi) is 5.01. The van der Waals surface area contributed by atoms with Gasteiger partial charge in [-0.15, -0.1) is 0 Å². The summed E-state index contributed by atoms with van der Waals surface area (Å²) in [5.74, 6) is 0.117. The maximum Gasteiger partial charge on any atom is 0.279 e. The third-order valence-electron chi connectivity index (χ3n) is 4.87. The Morgan fingerprint density at radius 2 is 2.04 bits per heavy atom. The highest BCUT2D eigenvalue weighted by Crippen LogP contribution is 2.26. The largest absolute Gasteiger partial charge is 0.317 e. The number of allylic oxidation sites excluding steroid dienone is 4. The molecular formula is C22H19ClFN3O. The molecule has 4 rings (SSSR count). The summed E-state index contributed by atoms with van der Waals surface area (Å²) in [6.07, 6.45) is 5.14. The Bertz CT molecular complexity index is 1150. The zero-order chi connectivity index (χ0) is 19.7. The van der Waals surface area contributed by atoms with Crippen LogP contribution in [-0.2, 0) is 6.54 Å². The zero-order valence-electron chi connectivity index (χ0n) is 15.3. The van der Waals surface area contributed by atoms with E-state index in [0.29, 0.717) is 34.7 Å². The second-order valence-electron chi connectivity index (χ2n) is 6.83. The molecule has 0 aliphatic heterocycles. The molecule has 1 N–H and O–H groups in total. The summed E-state index contributed by atoms with van der Waals surface area (Å²) < 4.78 is 14.9. The molecule has 2 aromatic carbocycles. The standard InChI is InChI=1S/C22H19ClFN3O/c1-14-3-2-4-19-20(14)26-21(16-7-11-18(24)12-8-16)27(22(19)28)25-13-15-5-9-17(23)10-6-15/h2-7,9-12,16,25H,8,13H2,1H3. The van der Waals surface area contributed by atoms with Crippen LogP contribution < -0.4 is 11.0 Å². The van der Waals surface area contributed by atoms with E-state index in [1.165, 1.54) is 16.8 Å². The molecule has 0 radical (unpaired) electrons. The van der Waals surface area contributed by atoms with Gasteiger partial charge in [-0.1, -0.05) is 41.9 Å². The van der Waals surface area contributed by atoms with Crippen molar-refractivity contribution in [3.8, 4) is 0 Å². The second-order valence-corrected chi connectivity index (χ2v) is 7.27. The Morgan fingerprint density at radius 3 is 2.75 bits per heavy atom.